The summed E-state index contributed by atoms with van der Waals surface area (Å²) in [4.78, 5) is 15.7. The first-order chi connectivity index (χ1) is 7.08. The Morgan fingerprint density at radius 2 is 2.33 bits per heavy atom. The number of aromatic nitrogens is 3. The van der Waals surface area contributed by atoms with Crippen LogP contribution in [0.3, 0.4) is 0 Å². The fourth-order valence-electron chi connectivity index (χ4n) is 1.25. The molecule has 2 atom stereocenters. The zero-order chi connectivity index (χ0) is 11.0. The van der Waals surface area contributed by atoms with Gasteiger partial charge in [-0.1, -0.05) is 13.8 Å². The van der Waals surface area contributed by atoms with E-state index in [0.29, 0.717) is 0 Å². The van der Waals surface area contributed by atoms with Gasteiger partial charge in [-0.3, -0.25) is 9.89 Å². The van der Waals surface area contributed by atoms with Crippen molar-refractivity contribution >= 4 is 5.91 Å². The molecule has 1 amide bonds. The van der Waals surface area contributed by atoms with Crippen LogP contribution in [-0.4, -0.2) is 33.2 Å². The van der Waals surface area contributed by atoms with Gasteiger partial charge in [0.25, 0.3) is 5.91 Å². The highest BCUT2D eigenvalue weighted by molar-refractivity contribution is 5.90. The summed E-state index contributed by atoms with van der Waals surface area (Å²) >= 11 is 0. The van der Waals surface area contributed by atoms with Crippen molar-refractivity contribution in [2.45, 2.75) is 38.3 Å². The standard InChI is InChI=1S/C9H15N5O/c1-4(2)7-12-8(14-13-7)9(15)11-6-3-5(6)10/h4-6H,3,10H2,1-2H3,(H,11,15)(H,12,13,14). The number of aromatic amines is 1. The fraction of sp³-hybridized carbons (Fsp3) is 0.667. The number of hydrogen-bond acceptors (Lipinski definition) is 4. The van der Waals surface area contributed by atoms with Gasteiger partial charge in [-0.25, -0.2) is 4.98 Å². The summed E-state index contributed by atoms with van der Waals surface area (Å²) in [6, 6.07) is 0.191. The summed E-state index contributed by atoms with van der Waals surface area (Å²) in [7, 11) is 0. The van der Waals surface area contributed by atoms with E-state index in [1.165, 1.54) is 0 Å². The number of carbonyl (C=O) groups is 1. The highest BCUT2D eigenvalue weighted by Gasteiger charge is 2.35. The van der Waals surface area contributed by atoms with Gasteiger partial charge in [-0.05, 0) is 6.42 Å². The maximum Gasteiger partial charge on any atom is 0.291 e. The molecule has 82 valence electrons. The first kappa shape index (κ1) is 10.1. The summed E-state index contributed by atoms with van der Waals surface area (Å²) in [5, 5.41) is 9.36. The molecular weight excluding hydrogens is 194 g/mol. The molecule has 6 heteroatoms. The lowest BCUT2D eigenvalue weighted by atomic mass is 10.2. The lowest BCUT2D eigenvalue weighted by Crippen LogP contribution is -2.30. The van der Waals surface area contributed by atoms with Gasteiger partial charge in [0, 0.05) is 18.0 Å². The molecule has 0 radical (unpaired) electrons. The summed E-state index contributed by atoms with van der Waals surface area (Å²) < 4.78 is 0. The Kier molecular flexibility index (Phi) is 2.44. The van der Waals surface area contributed by atoms with E-state index in [0.717, 1.165) is 12.2 Å². The Morgan fingerprint density at radius 3 is 2.80 bits per heavy atom. The fourth-order valence-corrected chi connectivity index (χ4v) is 1.25. The molecule has 4 N–H and O–H groups in total. The molecule has 1 aromatic rings. The van der Waals surface area contributed by atoms with Crippen molar-refractivity contribution in [2.24, 2.45) is 5.73 Å². The molecule has 1 aromatic heterocycles. The number of rotatable bonds is 3. The second-order valence-electron chi connectivity index (χ2n) is 4.18. The largest absolute Gasteiger partial charge is 0.345 e. The smallest absolute Gasteiger partial charge is 0.291 e. The van der Waals surface area contributed by atoms with Crippen molar-refractivity contribution in [2.75, 3.05) is 0 Å². The summed E-state index contributed by atoms with van der Waals surface area (Å²) in [5.41, 5.74) is 5.58. The van der Waals surface area contributed by atoms with Crippen LogP contribution in [0.5, 0.6) is 0 Å². The van der Waals surface area contributed by atoms with Gasteiger partial charge in [0.1, 0.15) is 5.82 Å². The Morgan fingerprint density at radius 1 is 1.67 bits per heavy atom. The van der Waals surface area contributed by atoms with Crippen molar-refractivity contribution in [1.82, 2.24) is 20.5 Å². The minimum Gasteiger partial charge on any atom is -0.345 e. The number of nitrogens with one attached hydrogen (secondary N) is 2. The Labute approximate surface area is 87.6 Å². The van der Waals surface area contributed by atoms with E-state index in [1.807, 2.05) is 13.8 Å². The van der Waals surface area contributed by atoms with Crippen molar-refractivity contribution in [3.8, 4) is 0 Å². The highest BCUT2D eigenvalue weighted by atomic mass is 16.2. The molecular formula is C9H15N5O. The number of hydrogen-bond donors (Lipinski definition) is 3. The third-order valence-electron chi connectivity index (χ3n) is 2.41. The van der Waals surface area contributed by atoms with Crippen LogP contribution in [-0.2, 0) is 0 Å². The van der Waals surface area contributed by atoms with Crippen molar-refractivity contribution < 1.29 is 4.79 Å². The zero-order valence-electron chi connectivity index (χ0n) is 8.82. The van der Waals surface area contributed by atoms with E-state index in [9.17, 15) is 4.79 Å². The average Bonchev–Trinajstić information content (AvgIpc) is 2.71. The number of nitrogens with zero attached hydrogens (tertiary/aromatic N) is 2. The molecule has 1 saturated carbocycles. The van der Waals surface area contributed by atoms with Gasteiger partial charge in [0.15, 0.2) is 0 Å². The number of amides is 1. The molecule has 1 aliphatic rings. The first-order valence-electron chi connectivity index (χ1n) is 5.06. The molecule has 2 rings (SSSR count). The Balaban J connectivity index is 1.99. The van der Waals surface area contributed by atoms with Crippen molar-refractivity contribution in [1.29, 1.82) is 0 Å². The predicted molar refractivity (Wildman–Crippen MR) is 54.3 cm³/mol. The van der Waals surface area contributed by atoms with Gasteiger partial charge in [0.2, 0.25) is 5.82 Å². The number of H-pyrrole nitrogens is 1. The first-order valence-corrected chi connectivity index (χ1v) is 5.06. The van der Waals surface area contributed by atoms with Gasteiger partial charge in [0.05, 0.1) is 0 Å². The summed E-state index contributed by atoms with van der Waals surface area (Å²) in [5.74, 6) is 0.899. The minimum atomic E-state index is -0.254. The van der Waals surface area contributed by atoms with Gasteiger partial charge in [-0.2, -0.15) is 0 Å². The lowest BCUT2D eigenvalue weighted by Gasteiger charge is -1.98. The predicted octanol–water partition coefficient (Wildman–Crippen LogP) is -0.242. The van der Waals surface area contributed by atoms with Crippen LogP contribution in [0, 0.1) is 0 Å². The summed E-state index contributed by atoms with van der Waals surface area (Å²) in [6.07, 6.45) is 0.840. The van der Waals surface area contributed by atoms with Crippen LogP contribution < -0.4 is 11.1 Å². The van der Waals surface area contributed by atoms with E-state index in [-0.39, 0.29) is 29.7 Å². The molecule has 0 bridgehead atoms. The Hall–Kier alpha value is -1.43. The van der Waals surface area contributed by atoms with E-state index in [4.69, 9.17) is 5.73 Å². The SMILES string of the molecule is CC(C)c1nc(C(=O)NC2CC2N)n[nH]1. The molecule has 1 aliphatic carbocycles. The van der Waals surface area contributed by atoms with Gasteiger partial charge in [-0.15, -0.1) is 5.10 Å². The van der Waals surface area contributed by atoms with E-state index >= 15 is 0 Å². The van der Waals surface area contributed by atoms with Crippen LogP contribution in [0.15, 0.2) is 0 Å². The third kappa shape index (κ3) is 2.15. The van der Waals surface area contributed by atoms with Crippen molar-refractivity contribution in [3.05, 3.63) is 11.6 Å². The molecule has 0 aliphatic heterocycles. The molecule has 2 unspecified atom stereocenters. The molecule has 1 heterocycles. The Bertz CT molecular complexity index is 372. The van der Waals surface area contributed by atoms with Gasteiger partial charge < -0.3 is 11.1 Å². The van der Waals surface area contributed by atoms with Crippen LogP contribution >= 0.6 is 0 Å². The average molecular weight is 209 g/mol. The maximum absolute atomic E-state index is 11.6. The van der Waals surface area contributed by atoms with Crippen molar-refractivity contribution in [3.63, 3.8) is 0 Å². The molecule has 0 aromatic carbocycles. The normalized spacial score (nSPS) is 24.3. The molecule has 0 saturated heterocycles. The van der Waals surface area contributed by atoms with Crippen LogP contribution in [0.1, 0.15) is 42.6 Å². The molecule has 6 nitrogen and oxygen atoms in total. The van der Waals surface area contributed by atoms with Crippen LogP contribution in [0.2, 0.25) is 0 Å². The van der Waals surface area contributed by atoms with Gasteiger partial charge >= 0.3 is 0 Å². The second-order valence-corrected chi connectivity index (χ2v) is 4.18. The molecule has 15 heavy (non-hydrogen) atoms. The highest BCUT2D eigenvalue weighted by Crippen LogP contribution is 2.18. The number of nitrogens with two attached hydrogens (primary N) is 1. The molecule has 0 spiro atoms. The van der Waals surface area contributed by atoms with Crippen LogP contribution in [0.4, 0.5) is 0 Å². The van der Waals surface area contributed by atoms with E-state index in [2.05, 4.69) is 20.5 Å². The molecule has 1 fully saturated rings. The second kappa shape index (κ2) is 3.62. The maximum atomic E-state index is 11.6. The van der Waals surface area contributed by atoms with Crippen LogP contribution in [0.25, 0.3) is 0 Å². The minimum absolute atomic E-state index is 0.0949. The zero-order valence-corrected chi connectivity index (χ0v) is 8.82. The quantitative estimate of drug-likeness (QED) is 0.640. The summed E-state index contributed by atoms with van der Waals surface area (Å²) in [6.45, 7) is 3.97. The third-order valence-corrected chi connectivity index (χ3v) is 2.41. The monoisotopic (exact) mass is 209 g/mol. The number of carbonyl (C=O) groups excluding carboxylic acids is 1. The van der Waals surface area contributed by atoms with E-state index in [1.54, 1.807) is 0 Å². The van der Waals surface area contributed by atoms with E-state index < -0.39 is 0 Å². The topological polar surface area (TPSA) is 96.7 Å². The lowest BCUT2D eigenvalue weighted by molar-refractivity contribution is 0.0940.